The minimum Gasteiger partial charge on any atom is -0.0982 e. The predicted molar refractivity (Wildman–Crippen MR) is 86.1 cm³/mol. The molecule has 19 heavy (non-hydrogen) atoms. The van der Waals surface area contributed by atoms with Crippen molar-refractivity contribution in [2.24, 2.45) is 5.92 Å². The van der Waals surface area contributed by atoms with Crippen molar-refractivity contribution in [3.05, 3.63) is 11.1 Å². The third-order valence-corrected chi connectivity index (χ3v) is 4.24. The Labute approximate surface area is 121 Å². The summed E-state index contributed by atoms with van der Waals surface area (Å²) in [5, 5.41) is 0. The van der Waals surface area contributed by atoms with Crippen molar-refractivity contribution in [1.29, 1.82) is 0 Å². The Morgan fingerprint density at radius 3 is 2.53 bits per heavy atom. The van der Waals surface area contributed by atoms with E-state index in [0.29, 0.717) is 0 Å². The minimum absolute atomic E-state index is 0.793. The second kappa shape index (κ2) is 10.1. The first-order valence-electron chi connectivity index (χ1n) is 8.50. The second-order valence-electron chi connectivity index (χ2n) is 6.01. The van der Waals surface area contributed by atoms with Gasteiger partial charge < -0.3 is 0 Å². The molecule has 0 radical (unpaired) electrons. The molecule has 0 N–H and O–H groups in total. The van der Waals surface area contributed by atoms with Crippen LogP contribution in [0.2, 0.25) is 0 Å². The molecule has 0 aliphatic heterocycles. The summed E-state index contributed by atoms with van der Waals surface area (Å²) in [7, 11) is 0. The zero-order valence-electron chi connectivity index (χ0n) is 13.4. The summed E-state index contributed by atoms with van der Waals surface area (Å²) >= 11 is 0. The van der Waals surface area contributed by atoms with Crippen LogP contribution in [0.1, 0.15) is 91.4 Å². The Morgan fingerprint density at radius 2 is 1.89 bits per heavy atom. The van der Waals surface area contributed by atoms with Gasteiger partial charge in [-0.15, -0.1) is 0 Å². The van der Waals surface area contributed by atoms with Crippen molar-refractivity contribution in [1.82, 2.24) is 0 Å². The largest absolute Gasteiger partial charge is 0.0982 e. The SMILES string of the molecule is CCCCC#C/C(CCCCCC)=C1/CCCC1C. The zero-order chi connectivity index (χ0) is 13.9. The molecule has 0 nitrogen and oxygen atoms in total. The van der Waals surface area contributed by atoms with Crippen LogP contribution in [0.4, 0.5) is 0 Å². The van der Waals surface area contributed by atoms with Gasteiger partial charge in [0, 0.05) is 12.0 Å². The van der Waals surface area contributed by atoms with Crippen molar-refractivity contribution in [2.45, 2.75) is 91.4 Å². The highest BCUT2D eigenvalue weighted by atomic mass is 14.2. The molecule has 0 heteroatoms. The van der Waals surface area contributed by atoms with E-state index in [1.165, 1.54) is 69.8 Å². The summed E-state index contributed by atoms with van der Waals surface area (Å²) in [5.41, 5.74) is 3.21. The minimum atomic E-state index is 0.793. The first-order valence-corrected chi connectivity index (χ1v) is 8.50. The Kier molecular flexibility index (Phi) is 8.72. The van der Waals surface area contributed by atoms with Crippen LogP contribution in [0.25, 0.3) is 0 Å². The van der Waals surface area contributed by atoms with E-state index in [-0.39, 0.29) is 0 Å². The highest BCUT2D eigenvalue weighted by molar-refractivity contribution is 5.35. The van der Waals surface area contributed by atoms with E-state index in [4.69, 9.17) is 0 Å². The van der Waals surface area contributed by atoms with Gasteiger partial charge in [0.05, 0.1) is 0 Å². The average Bonchev–Trinajstić information content (AvgIpc) is 2.83. The van der Waals surface area contributed by atoms with Crippen molar-refractivity contribution in [3.63, 3.8) is 0 Å². The Bertz CT molecular complexity index is 324. The zero-order valence-corrected chi connectivity index (χ0v) is 13.4. The molecule has 0 aromatic carbocycles. The van der Waals surface area contributed by atoms with Gasteiger partial charge >= 0.3 is 0 Å². The van der Waals surface area contributed by atoms with Crippen LogP contribution in [0, 0.1) is 17.8 Å². The van der Waals surface area contributed by atoms with E-state index >= 15 is 0 Å². The van der Waals surface area contributed by atoms with Crippen molar-refractivity contribution in [3.8, 4) is 11.8 Å². The third-order valence-electron chi connectivity index (χ3n) is 4.24. The number of allylic oxidation sites excluding steroid dienone is 2. The molecule has 1 atom stereocenters. The summed E-state index contributed by atoms with van der Waals surface area (Å²) in [6.45, 7) is 6.91. The van der Waals surface area contributed by atoms with Gasteiger partial charge in [0.15, 0.2) is 0 Å². The molecule has 1 rings (SSSR count). The lowest BCUT2D eigenvalue weighted by Crippen LogP contribution is -1.95. The van der Waals surface area contributed by atoms with Gasteiger partial charge in [-0.25, -0.2) is 0 Å². The van der Waals surface area contributed by atoms with Crippen molar-refractivity contribution >= 4 is 0 Å². The molecule has 0 heterocycles. The highest BCUT2D eigenvalue weighted by Gasteiger charge is 2.19. The average molecular weight is 260 g/mol. The van der Waals surface area contributed by atoms with E-state index in [1.807, 2.05) is 0 Å². The molecule has 0 amide bonds. The van der Waals surface area contributed by atoms with E-state index in [1.54, 1.807) is 5.57 Å². The smallest absolute Gasteiger partial charge is 0.00922 e. The lowest BCUT2D eigenvalue weighted by atomic mass is 9.95. The predicted octanol–water partition coefficient (Wildman–Crippen LogP) is 6.27. The molecule has 1 saturated carbocycles. The van der Waals surface area contributed by atoms with E-state index in [9.17, 15) is 0 Å². The third kappa shape index (κ3) is 6.33. The van der Waals surface area contributed by atoms with Gasteiger partial charge in [0.25, 0.3) is 0 Å². The van der Waals surface area contributed by atoms with Crippen LogP contribution in [0.15, 0.2) is 11.1 Å². The van der Waals surface area contributed by atoms with E-state index in [2.05, 4.69) is 32.6 Å². The van der Waals surface area contributed by atoms with Crippen LogP contribution < -0.4 is 0 Å². The normalized spacial score (nSPS) is 21.1. The topological polar surface area (TPSA) is 0 Å². The number of rotatable bonds is 7. The maximum absolute atomic E-state index is 3.53. The summed E-state index contributed by atoms with van der Waals surface area (Å²) < 4.78 is 0. The van der Waals surface area contributed by atoms with Gasteiger partial charge in [0.2, 0.25) is 0 Å². The summed E-state index contributed by atoms with van der Waals surface area (Å²) in [5.74, 6) is 7.74. The maximum Gasteiger partial charge on any atom is 0.00922 e. The van der Waals surface area contributed by atoms with Crippen LogP contribution >= 0.6 is 0 Å². The molecular weight excluding hydrogens is 228 g/mol. The molecule has 0 aromatic rings. The molecule has 0 bridgehead atoms. The fourth-order valence-corrected chi connectivity index (χ4v) is 2.93. The lowest BCUT2D eigenvalue weighted by molar-refractivity contribution is 0.656. The van der Waals surface area contributed by atoms with Gasteiger partial charge in [0.1, 0.15) is 0 Å². The molecule has 0 saturated heterocycles. The standard InChI is InChI=1S/C19H32/c1-4-6-8-10-14-18(15-11-9-7-5-2)19-16-12-13-17(19)3/h17H,4-10,12-14,16H2,1-3H3/b19-18-. The highest BCUT2D eigenvalue weighted by Crippen LogP contribution is 2.34. The van der Waals surface area contributed by atoms with Crippen molar-refractivity contribution in [2.75, 3.05) is 0 Å². The molecule has 1 fully saturated rings. The van der Waals surface area contributed by atoms with Gasteiger partial charge in [-0.1, -0.05) is 63.9 Å². The van der Waals surface area contributed by atoms with Gasteiger partial charge in [-0.2, -0.15) is 0 Å². The quantitative estimate of drug-likeness (QED) is 0.374. The van der Waals surface area contributed by atoms with Crippen LogP contribution in [-0.4, -0.2) is 0 Å². The van der Waals surface area contributed by atoms with Crippen LogP contribution in [0.3, 0.4) is 0 Å². The molecule has 1 aliphatic carbocycles. The summed E-state index contributed by atoms with van der Waals surface area (Å²) in [6, 6.07) is 0. The Balaban J connectivity index is 2.59. The van der Waals surface area contributed by atoms with Gasteiger partial charge in [-0.3, -0.25) is 0 Å². The van der Waals surface area contributed by atoms with Crippen LogP contribution in [-0.2, 0) is 0 Å². The summed E-state index contributed by atoms with van der Waals surface area (Å²) in [4.78, 5) is 0. The first kappa shape index (κ1) is 16.4. The molecular formula is C19H32. The maximum atomic E-state index is 3.53. The first-order chi connectivity index (χ1) is 9.29. The van der Waals surface area contributed by atoms with Crippen molar-refractivity contribution < 1.29 is 0 Å². The Morgan fingerprint density at radius 1 is 1.11 bits per heavy atom. The number of hydrogen-bond donors (Lipinski definition) is 0. The summed E-state index contributed by atoms with van der Waals surface area (Å²) in [6.07, 6.45) is 14.3. The molecule has 1 unspecified atom stereocenters. The fourth-order valence-electron chi connectivity index (χ4n) is 2.93. The molecule has 0 spiro atoms. The van der Waals surface area contributed by atoms with E-state index < -0.39 is 0 Å². The fraction of sp³-hybridized carbons (Fsp3) is 0.789. The second-order valence-corrected chi connectivity index (χ2v) is 6.01. The number of hydrogen-bond acceptors (Lipinski definition) is 0. The monoisotopic (exact) mass is 260 g/mol. The molecule has 0 aromatic heterocycles. The lowest BCUT2D eigenvalue weighted by Gasteiger charge is -2.10. The number of unbranched alkanes of at least 4 members (excludes halogenated alkanes) is 5. The van der Waals surface area contributed by atoms with Gasteiger partial charge in [-0.05, 0) is 44.4 Å². The Hall–Kier alpha value is -0.700. The van der Waals surface area contributed by atoms with Crippen LogP contribution in [0.5, 0.6) is 0 Å². The molecule has 1 aliphatic rings. The van der Waals surface area contributed by atoms with E-state index in [0.717, 1.165) is 12.3 Å². The molecule has 108 valence electrons.